The number of rotatable bonds is 3. The van der Waals surface area contributed by atoms with Gasteiger partial charge in [-0.15, -0.1) is 0 Å². The average Bonchev–Trinajstić information content (AvgIpc) is 2.38. The minimum absolute atomic E-state index is 0.284. The molecular weight excluding hydrogens is 239 g/mol. The van der Waals surface area contributed by atoms with Crippen LogP contribution in [0.1, 0.15) is 12.0 Å². The molecule has 0 fully saturated rings. The minimum atomic E-state index is -0.316. The van der Waals surface area contributed by atoms with Gasteiger partial charge < -0.3 is 10.1 Å². The Kier molecular flexibility index (Phi) is 4.25. The van der Waals surface area contributed by atoms with Crippen molar-refractivity contribution in [3.63, 3.8) is 0 Å². The highest BCUT2D eigenvalue weighted by atomic mass is 32.2. The molecule has 5 heteroatoms. The largest absolute Gasteiger partial charge is 0.494 e. The third-order valence-corrected chi connectivity index (χ3v) is 3.48. The maximum atomic E-state index is 13.4. The molecule has 0 spiro atoms. The number of hydrogen-bond acceptors (Lipinski definition) is 4. The number of hydrogen-bond donors (Lipinski definition) is 1. The molecule has 0 aliphatic carbocycles. The van der Waals surface area contributed by atoms with Crippen LogP contribution >= 0.6 is 11.8 Å². The second-order valence-corrected chi connectivity index (χ2v) is 4.69. The summed E-state index contributed by atoms with van der Waals surface area (Å²) >= 11 is 1.60. The number of nitrogens with one attached hydrogen (secondary N) is 1. The molecule has 1 aliphatic heterocycles. The first kappa shape index (κ1) is 12.2. The molecule has 17 heavy (non-hydrogen) atoms. The van der Waals surface area contributed by atoms with E-state index in [9.17, 15) is 4.39 Å². The Morgan fingerprint density at radius 3 is 3.06 bits per heavy atom. The van der Waals surface area contributed by atoms with Gasteiger partial charge in [-0.25, -0.2) is 4.39 Å². The first-order chi connectivity index (χ1) is 8.29. The number of halogens is 1. The molecule has 0 aromatic heterocycles. The summed E-state index contributed by atoms with van der Waals surface area (Å²) in [6, 6.07) is 5.04. The fourth-order valence-electron chi connectivity index (χ4n) is 1.56. The van der Waals surface area contributed by atoms with Gasteiger partial charge in [0.25, 0.3) is 0 Å². The predicted octanol–water partition coefficient (Wildman–Crippen LogP) is 2.42. The molecule has 3 nitrogen and oxygen atoms in total. The molecule has 1 heterocycles. The van der Waals surface area contributed by atoms with E-state index in [0.717, 1.165) is 30.2 Å². The SMILES string of the molecule is COc1ccc(CSC2=NCCCN2)cc1F. The van der Waals surface area contributed by atoms with Crippen LogP contribution in [0.2, 0.25) is 0 Å². The van der Waals surface area contributed by atoms with Crippen LogP contribution in [0.3, 0.4) is 0 Å². The maximum absolute atomic E-state index is 13.4. The maximum Gasteiger partial charge on any atom is 0.165 e. The van der Waals surface area contributed by atoms with Crippen LogP contribution in [0.5, 0.6) is 5.75 Å². The van der Waals surface area contributed by atoms with E-state index in [4.69, 9.17) is 4.74 Å². The third kappa shape index (κ3) is 3.36. The lowest BCUT2D eigenvalue weighted by Crippen LogP contribution is -2.26. The first-order valence-corrected chi connectivity index (χ1v) is 6.51. The molecule has 1 aliphatic rings. The molecule has 1 aromatic rings. The second kappa shape index (κ2) is 5.91. The number of amidine groups is 1. The van der Waals surface area contributed by atoms with Gasteiger partial charge in [-0.1, -0.05) is 17.8 Å². The second-order valence-electron chi connectivity index (χ2n) is 3.72. The van der Waals surface area contributed by atoms with E-state index in [-0.39, 0.29) is 11.6 Å². The average molecular weight is 254 g/mol. The summed E-state index contributed by atoms with van der Waals surface area (Å²) in [7, 11) is 1.47. The zero-order valence-electron chi connectivity index (χ0n) is 9.70. The molecular formula is C12H15FN2OS. The van der Waals surface area contributed by atoms with Crippen molar-refractivity contribution in [3.8, 4) is 5.75 Å². The number of methoxy groups -OCH3 is 1. The molecule has 0 unspecified atom stereocenters. The van der Waals surface area contributed by atoms with Gasteiger partial charge in [0, 0.05) is 18.8 Å². The van der Waals surface area contributed by atoms with Crippen molar-refractivity contribution in [2.75, 3.05) is 20.2 Å². The van der Waals surface area contributed by atoms with Crippen molar-refractivity contribution in [1.29, 1.82) is 0 Å². The highest BCUT2D eigenvalue weighted by Gasteiger charge is 2.07. The number of benzene rings is 1. The molecule has 0 saturated heterocycles. The molecule has 0 atom stereocenters. The van der Waals surface area contributed by atoms with E-state index in [2.05, 4.69) is 10.3 Å². The van der Waals surface area contributed by atoms with Crippen LogP contribution in [-0.4, -0.2) is 25.4 Å². The lowest BCUT2D eigenvalue weighted by atomic mass is 10.2. The topological polar surface area (TPSA) is 33.6 Å². The summed E-state index contributed by atoms with van der Waals surface area (Å²) in [6.07, 6.45) is 1.08. The van der Waals surface area contributed by atoms with Crippen LogP contribution in [0.4, 0.5) is 4.39 Å². The highest BCUT2D eigenvalue weighted by molar-refractivity contribution is 8.13. The number of nitrogens with zero attached hydrogens (tertiary/aromatic N) is 1. The normalized spacial score (nSPS) is 15.1. The van der Waals surface area contributed by atoms with Gasteiger partial charge in [-0.3, -0.25) is 4.99 Å². The fourth-order valence-corrected chi connectivity index (χ4v) is 2.43. The van der Waals surface area contributed by atoms with Crippen LogP contribution in [0.15, 0.2) is 23.2 Å². The van der Waals surface area contributed by atoms with Crippen molar-refractivity contribution in [2.45, 2.75) is 12.2 Å². The van der Waals surface area contributed by atoms with Crippen LogP contribution in [0.25, 0.3) is 0 Å². The monoisotopic (exact) mass is 254 g/mol. The van der Waals surface area contributed by atoms with E-state index < -0.39 is 0 Å². The summed E-state index contributed by atoms with van der Waals surface area (Å²) in [6.45, 7) is 1.86. The molecule has 0 radical (unpaired) electrons. The van der Waals surface area contributed by atoms with Gasteiger partial charge >= 0.3 is 0 Å². The van der Waals surface area contributed by atoms with Gasteiger partial charge in [0.05, 0.1) is 7.11 Å². The molecule has 92 valence electrons. The summed E-state index contributed by atoms with van der Waals surface area (Å²) in [5, 5.41) is 4.17. The fraction of sp³-hybridized carbons (Fsp3) is 0.417. The van der Waals surface area contributed by atoms with Crippen molar-refractivity contribution in [3.05, 3.63) is 29.6 Å². The molecule has 0 saturated carbocycles. The van der Waals surface area contributed by atoms with E-state index in [1.54, 1.807) is 17.8 Å². The molecule has 0 bridgehead atoms. The summed E-state index contributed by atoms with van der Waals surface area (Å²) in [4.78, 5) is 4.35. The lowest BCUT2D eigenvalue weighted by molar-refractivity contribution is 0.386. The zero-order chi connectivity index (χ0) is 12.1. The zero-order valence-corrected chi connectivity index (χ0v) is 10.5. The summed E-state index contributed by atoms with van der Waals surface area (Å²) < 4.78 is 18.3. The van der Waals surface area contributed by atoms with E-state index in [1.165, 1.54) is 13.2 Å². The highest BCUT2D eigenvalue weighted by Crippen LogP contribution is 2.21. The van der Waals surface area contributed by atoms with Gasteiger partial charge in [0.1, 0.15) is 0 Å². The Balaban J connectivity index is 1.94. The smallest absolute Gasteiger partial charge is 0.165 e. The Hall–Kier alpha value is -1.23. The van der Waals surface area contributed by atoms with Crippen molar-refractivity contribution < 1.29 is 9.13 Å². The lowest BCUT2D eigenvalue weighted by Gasteiger charge is -2.13. The standard InChI is InChI=1S/C12H15FN2OS/c1-16-11-4-3-9(7-10(11)13)8-17-12-14-5-2-6-15-12/h3-4,7H,2,5-6,8H2,1H3,(H,14,15). The Bertz CT molecular complexity index is 423. The molecule has 0 amide bonds. The van der Waals surface area contributed by atoms with Crippen LogP contribution < -0.4 is 10.1 Å². The summed E-state index contributed by atoms with van der Waals surface area (Å²) in [5.41, 5.74) is 0.934. The molecule has 1 N–H and O–H groups in total. The molecule has 1 aromatic carbocycles. The van der Waals surface area contributed by atoms with Gasteiger partial charge in [-0.2, -0.15) is 0 Å². The van der Waals surface area contributed by atoms with Gasteiger partial charge in [0.2, 0.25) is 0 Å². The van der Waals surface area contributed by atoms with E-state index in [1.807, 2.05) is 6.07 Å². The minimum Gasteiger partial charge on any atom is -0.494 e. The van der Waals surface area contributed by atoms with Crippen molar-refractivity contribution in [2.24, 2.45) is 4.99 Å². The van der Waals surface area contributed by atoms with E-state index >= 15 is 0 Å². The number of thioether (sulfide) groups is 1. The molecule has 2 rings (SSSR count). The Labute approximate surface area is 104 Å². The van der Waals surface area contributed by atoms with Crippen molar-refractivity contribution in [1.82, 2.24) is 5.32 Å². The quantitative estimate of drug-likeness (QED) is 0.899. The predicted molar refractivity (Wildman–Crippen MR) is 69.2 cm³/mol. The summed E-state index contributed by atoms with van der Waals surface area (Å²) in [5.74, 6) is 0.684. The Morgan fingerprint density at radius 2 is 2.41 bits per heavy atom. The first-order valence-electron chi connectivity index (χ1n) is 5.53. The number of aliphatic imine (C=N–C) groups is 1. The van der Waals surface area contributed by atoms with Crippen molar-refractivity contribution >= 4 is 16.9 Å². The van der Waals surface area contributed by atoms with Gasteiger partial charge in [-0.05, 0) is 24.1 Å². The van der Waals surface area contributed by atoms with Crippen LogP contribution in [-0.2, 0) is 5.75 Å². The number of ether oxygens (including phenoxy) is 1. The Morgan fingerprint density at radius 1 is 1.53 bits per heavy atom. The van der Waals surface area contributed by atoms with Crippen LogP contribution in [0, 0.1) is 5.82 Å². The van der Waals surface area contributed by atoms with Gasteiger partial charge in [0.15, 0.2) is 16.7 Å². The third-order valence-electron chi connectivity index (χ3n) is 2.46. The van der Waals surface area contributed by atoms with E-state index in [0.29, 0.717) is 5.75 Å².